The van der Waals surface area contributed by atoms with Crippen LogP contribution >= 0.6 is 15.9 Å². The van der Waals surface area contributed by atoms with Gasteiger partial charge in [0, 0.05) is 17.1 Å². The van der Waals surface area contributed by atoms with Gasteiger partial charge in [0.2, 0.25) is 0 Å². The van der Waals surface area contributed by atoms with Crippen LogP contribution in [0.4, 0.5) is 0 Å². The molecule has 0 saturated carbocycles. The fourth-order valence-electron chi connectivity index (χ4n) is 4.18. The van der Waals surface area contributed by atoms with Gasteiger partial charge >= 0.3 is 0 Å². The second-order valence-corrected chi connectivity index (χ2v) is 17.1. The van der Waals surface area contributed by atoms with Gasteiger partial charge in [0.1, 0.15) is 5.75 Å². The third-order valence-electron chi connectivity index (χ3n) is 7.73. The molecule has 1 aliphatic heterocycles. The van der Waals surface area contributed by atoms with Gasteiger partial charge in [0.25, 0.3) is 5.91 Å². The fourth-order valence-corrected chi connectivity index (χ4v) is 5.62. The van der Waals surface area contributed by atoms with E-state index in [4.69, 9.17) is 18.6 Å². The Labute approximate surface area is 243 Å². The zero-order valence-corrected chi connectivity index (χ0v) is 27.1. The summed E-state index contributed by atoms with van der Waals surface area (Å²) in [6, 6.07) is 13.3. The molecule has 0 aliphatic carbocycles. The first kappa shape index (κ1) is 31.2. The molecule has 214 valence electrons. The number of methoxy groups -OCH3 is 2. The van der Waals surface area contributed by atoms with Crippen molar-refractivity contribution in [3.63, 3.8) is 0 Å². The lowest BCUT2D eigenvalue weighted by Crippen LogP contribution is -2.45. The van der Waals surface area contributed by atoms with Crippen molar-refractivity contribution >= 4 is 35.7 Å². The van der Waals surface area contributed by atoms with E-state index in [1.807, 2.05) is 47.5 Å². The van der Waals surface area contributed by atoms with Crippen molar-refractivity contribution in [3.05, 3.63) is 59.8 Å². The van der Waals surface area contributed by atoms with Gasteiger partial charge in [0.15, 0.2) is 19.8 Å². The Hall–Kier alpha value is -2.29. The highest BCUT2D eigenvalue weighted by atomic mass is 79.9. The summed E-state index contributed by atoms with van der Waals surface area (Å²) < 4.78 is 23.5. The van der Waals surface area contributed by atoms with Crippen molar-refractivity contribution in [2.75, 3.05) is 32.8 Å². The van der Waals surface area contributed by atoms with Crippen molar-refractivity contribution < 1.29 is 23.4 Å². The summed E-state index contributed by atoms with van der Waals surface area (Å²) in [4.78, 5) is 15.7. The Kier molecular flexibility index (Phi) is 11.1. The molecular weight excluding hydrogens is 574 g/mol. The number of halogens is 1. The van der Waals surface area contributed by atoms with Crippen LogP contribution in [0.15, 0.2) is 48.7 Å². The summed E-state index contributed by atoms with van der Waals surface area (Å²) in [5, 5.41) is 1.09. The smallest absolute Gasteiger partial charge is 0.258 e. The zero-order valence-electron chi connectivity index (χ0n) is 24.5. The van der Waals surface area contributed by atoms with Crippen LogP contribution in [0.1, 0.15) is 62.4 Å². The fraction of sp³-hybridized carbons (Fsp3) is 0.516. The molecule has 0 aromatic heterocycles. The first-order valence-electron chi connectivity index (χ1n) is 13.7. The van der Waals surface area contributed by atoms with Crippen LogP contribution in [0.2, 0.25) is 18.1 Å². The maximum Gasteiger partial charge on any atom is 0.258 e. The lowest BCUT2D eigenvalue weighted by atomic mass is 10.0. The van der Waals surface area contributed by atoms with Gasteiger partial charge in [-0.05, 0) is 85.3 Å². The number of hydrogen-bond donors (Lipinski definition) is 0. The van der Waals surface area contributed by atoms with E-state index in [-0.39, 0.29) is 17.0 Å². The number of rotatable bonds is 13. The molecule has 8 heteroatoms. The van der Waals surface area contributed by atoms with Crippen LogP contribution in [0.5, 0.6) is 17.2 Å². The average molecular weight is 619 g/mol. The third kappa shape index (κ3) is 8.11. The largest absolute Gasteiger partial charge is 0.497 e. The number of benzene rings is 2. The molecule has 1 heterocycles. The van der Waals surface area contributed by atoms with Gasteiger partial charge in [-0.25, -0.2) is 0 Å². The number of nitrogens with zero attached hydrogens (tertiary/aromatic N) is 1. The molecule has 0 unspecified atom stereocenters. The second-order valence-electron chi connectivity index (χ2n) is 11.5. The minimum Gasteiger partial charge on any atom is -0.497 e. The molecule has 2 aromatic carbocycles. The summed E-state index contributed by atoms with van der Waals surface area (Å²) in [7, 11) is 1.28. The lowest BCUT2D eigenvalue weighted by molar-refractivity contribution is 0.0737. The van der Waals surface area contributed by atoms with Crippen LogP contribution in [-0.4, -0.2) is 57.9 Å². The Morgan fingerprint density at radius 3 is 2.33 bits per heavy atom. The molecule has 1 amide bonds. The SMILES string of the molecule is COc1ccc(C2=CN(C(=O)c3ccc(OCCCCCBr)c(OC)c3)[C@H](CO[Si](C)(C)C(C)(C)C)C2)cc1. The quantitative estimate of drug-likeness (QED) is 0.130. The van der Waals surface area contributed by atoms with E-state index in [2.05, 4.69) is 49.8 Å². The number of hydrogen-bond acceptors (Lipinski definition) is 5. The minimum absolute atomic E-state index is 0.0792. The normalized spacial score (nSPS) is 15.7. The van der Waals surface area contributed by atoms with E-state index in [0.29, 0.717) is 30.3 Å². The summed E-state index contributed by atoms with van der Waals surface area (Å²) in [6.45, 7) is 12.3. The Bertz CT molecular complexity index is 1130. The van der Waals surface area contributed by atoms with Crippen LogP contribution in [0, 0.1) is 0 Å². The molecule has 0 fully saturated rings. The lowest BCUT2D eigenvalue weighted by Gasteiger charge is -2.38. The number of amides is 1. The van der Waals surface area contributed by atoms with Gasteiger partial charge in [-0.1, -0.05) is 48.8 Å². The molecule has 1 atom stereocenters. The first-order chi connectivity index (χ1) is 18.5. The van der Waals surface area contributed by atoms with E-state index in [0.717, 1.165) is 47.9 Å². The van der Waals surface area contributed by atoms with Crippen molar-refractivity contribution in [3.8, 4) is 17.2 Å². The third-order valence-corrected chi connectivity index (χ3v) is 12.8. The molecule has 39 heavy (non-hydrogen) atoms. The molecule has 2 aromatic rings. The molecule has 0 spiro atoms. The van der Waals surface area contributed by atoms with Crippen molar-refractivity contribution in [2.45, 2.75) is 70.6 Å². The van der Waals surface area contributed by atoms with Crippen LogP contribution in [-0.2, 0) is 4.43 Å². The van der Waals surface area contributed by atoms with Gasteiger partial charge in [0.05, 0.1) is 33.5 Å². The van der Waals surface area contributed by atoms with E-state index < -0.39 is 8.32 Å². The standard InChI is InChI=1S/C31H44BrNO5Si/c1-31(2,3)39(6,7)38-22-26-19-25(23-11-14-27(35-4)15-12-23)21-33(26)30(34)24-13-16-28(29(20-24)36-5)37-18-10-8-9-17-32/h11-16,20-21,26H,8-10,17-19,22H2,1-7H3/t26-/m0/s1. The maximum absolute atomic E-state index is 13.9. The van der Waals surface area contributed by atoms with Crippen LogP contribution in [0.25, 0.3) is 5.57 Å². The number of unbranched alkanes of at least 4 members (excludes halogenated alkanes) is 2. The highest BCUT2D eigenvalue weighted by Gasteiger charge is 2.39. The van der Waals surface area contributed by atoms with Crippen molar-refractivity contribution in [1.82, 2.24) is 4.90 Å². The second kappa shape index (κ2) is 13.9. The molecular formula is C31H44BrNO5Si. The summed E-state index contributed by atoms with van der Waals surface area (Å²) in [5.41, 5.74) is 2.73. The molecule has 0 radical (unpaired) electrons. The van der Waals surface area contributed by atoms with Gasteiger partial charge in [-0.2, -0.15) is 0 Å². The van der Waals surface area contributed by atoms with Crippen molar-refractivity contribution in [1.29, 1.82) is 0 Å². The Morgan fingerprint density at radius 1 is 1.00 bits per heavy atom. The predicted molar refractivity (Wildman–Crippen MR) is 165 cm³/mol. The summed E-state index contributed by atoms with van der Waals surface area (Å²) in [5.74, 6) is 1.95. The summed E-state index contributed by atoms with van der Waals surface area (Å²) >= 11 is 3.46. The van der Waals surface area contributed by atoms with E-state index in [9.17, 15) is 4.79 Å². The Morgan fingerprint density at radius 2 is 1.72 bits per heavy atom. The highest BCUT2D eigenvalue weighted by molar-refractivity contribution is 9.09. The zero-order chi connectivity index (χ0) is 28.6. The van der Waals surface area contributed by atoms with Crippen LogP contribution in [0.3, 0.4) is 0 Å². The number of ether oxygens (including phenoxy) is 3. The van der Waals surface area contributed by atoms with Gasteiger partial charge < -0.3 is 23.5 Å². The molecule has 1 aliphatic rings. The van der Waals surface area contributed by atoms with E-state index >= 15 is 0 Å². The topological polar surface area (TPSA) is 57.2 Å². The number of carbonyl (C=O) groups is 1. The van der Waals surface area contributed by atoms with E-state index in [1.54, 1.807) is 20.3 Å². The molecule has 3 rings (SSSR count). The molecule has 6 nitrogen and oxygen atoms in total. The summed E-state index contributed by atoms with van der Waals surface area (Å²) in [6.07, 6.45) is 5.89. The predicted octanol–water partition coefficient (Wildman–Crippen LogP) is 7.93. The molecule has 0 saturated heterocycles. The number of alkyl halides is 1. The van der Waals surface area contributed by atoms with Crippen molar-refractivity contribution in [2.24, 2.45) is 0 Å². The first-order valence-corrected chi connectivity index (χ1v) is 17.7. The highest BCUT2D eigenvalue weighted by Crippen LogP contribution is 2.39. The van der Waals surface area contributed by atoms with Gasteiger partial charge in [-0.3, -0.25) is 4.79 Å². The number of carbonyl (C=O) groups excluding carboxylic acids is 1. The van der Waals surface area contributed by atoms with Gasteiger partial charge in [-0.15, -0.1) is 0 Å². The molecule has 0 N–H and O–H groups in total. The minimum atomic E-state index is -1.99. The van der Waals surface area contributed by atoms with E-state index in [1.165, 1.54) is 0 Å². The Balaban J connectivity index is 1.84. The maximum atomic E-state index is 13.9. The monoisotopic (exact) mass is 617 g/mol. The molecule has 0 bridgehead atoms. The van der Waals surface area contributed by atoms with Crippen LogP contribution < -0.4 is 14.2 Å². The average Bonchev–Trinajstić information content (AvgIpc) is 3.35.